The van der Waals surface area contributed by atoms with Crippen LogP contribution in [0.15, 0.2) is 24.3 Å². The Morgan fingerprint density at radius 3 is 2.23 bits per heavy atom. The monoisotopic (exact) mass is 320 g/mol. The Balaban J connectivity index is 2.49. The molecule has 0 N–H and O–H groups in total. The number of hydrogen-bond acceptors (Lipinski definition) is 3. The number of ether oxygens (including phenoxy) is 2. The topological polar surface area (TPSA) is 27.7 Å². The first-order chi connectivity index (χ1) is 10.2. The average molecular weight is 321 g/mol. The van der Waals surface area contributed by atoms with Crippen LogP contribution >= 0.6 is 0 Å². The standard InChI is InChI=1S/C18H28O3Si/c1-8-16(21-22(6,7)18(2,3)4)14-20-13-15-9-11-17(19-5)12-10-15/h1,9-12,16H,13-14H2,2-7H3/t16-/m0/s1. The number of rotatable bonds is 7. The van der Waals surface area contributed by atoms with Gasteiger partial charge in [0, 0.05) is 0 Å². The van der Waals surface area contributed by atoms with Crippen LogP contribution in [0.2, 0.25) is 18.1 Å². The van der Waals surface area contributed by atoms with Crippen LogP contribution in [0.1, 0.15) is 26.3 Å². The molecule has 3 nitrogen and oxygen atoms in total. The maximum Gasteiger partial charge on any atom is 0.193 e. The van der Waals surface area contributed by atoms with Gasteiger partial charge in [0.2, 0.25) is 0 Å². The van der Waals surface area contributed by atoms with E-state index in [4.69, 9.17) is 20.3 Å². The Morgan fingerprint density at radius 1 is 1.18 bits per heavy atom. The third-order valence-electron chi connectivity index (χ3n) is 4.13. The van der Waals surface area contributed by atoms with E-state index in [9.17, 15) is 0 Å². The van der Waals surface area contributed by atoms with Crippen LogP contribution < -0.4 is 4.74 Å². The van der Waals surface area contributed by atoms with E-state index in [2.05, 4.69) is 39.8 Å². The third-order valence-corrected chi connectivity index (χ3v) is 8.61. The lowest BCUT2D eigenvalue weighted by atomic mass is 10.2. The van der Waals surface area contributed by atoms with E-state index >= 15 is 0 Å². The smallest absolute Gasteiger partial charge is 0.193 e. The van der Waals surface area contributed by atoms with Crippen molar-refractivity contribution in [3.8, 4) is 18.1 Å². The van der Waals surface area contributed by atoms with Crippen molar-refractivity contribution in [2.24, 2.45) is 0 Å². The first-order valence-electron chi connectivity index (χ1n) is 7.54. The lowest BCUT2D eigenvalue weighted by molar-refractivity contribution is 0.0589. The summed E-state index contributed by atoms with van der Waals surface area (Å²) in [6.45, 7) is 11.9. The molecule has 1 aromatic carbocycles. The van der Waals surface area contributed by atoms with Gasteiger partial charge < -0.3 is 13.9 Å². The van der Waals surface area contributed by atoms with E-state index in [1.807, 2.05) is 24.3 Å². The molecule has 22 heavy (non-hydrogen) atoms. The van der Waals surface area contributed by atoms with Crippen molar-refractivity contribution in [2.45, 2.75) is 51.6 Å². The highest BCUT2D eigenvalue weighted by Gasteiger charge is 2.38. The summed E-state index contributed by atoms with van der Waals surface area (Å²) in [4.78, 5) is 0. The Morgan fingerprint density at radius 2 is 1.77 bits per heavy atom. The van der Waals surface area contributed by atoms with E-state index in [1.54, 1.807) is 7.11 Å². The molecule has 0 saturated heterocycles. The molecule has 1 atom stereocenters. The molecule has 0 spiro atoms. The normalized spacial score (nSPS) is 13.5. The van der Waals surface area contributed by atoms with Crippen LogP contribution in [-0.4, -0.2) is 28.1 Å². The average Bonchev–Trinajstić information content (AvgIpc) is 2.45. The molecule has 0 fully saturated rings. The van der Waals surface area contributed by atoms with Gasteiger partial charge in [0.05, 0.1) is 20.3 Å². The molecule has 1 aromatic rings. The number of benzene rings is 1. The molecule has 0 aliphatic heterocycles. The number of terminal acetylenes is 1. The van der Waals surface area contributed by atoms with Crippen LogP contribution in [-0.2, 0) is 15.8 Å². The molecule has 0 unspecified atom stereocenters. The fraction of sp³-hybridized carbons (Fsp3) is 0.556. The van der Waals surface area contributed by atoms with Crippen LogP contribution in [0.4, 0.5) is 0 Å². The molecule has 1 rings (SSSR count). The van der Waals surface area contributed by atoms with Crippen molar-refractivity contribution in [1.82, 2.24) is 0 Å². The summed E-state index contributed by atoms with van der Waals surface area (Å²) in [7, 11) is -0.216. The Bertz CT molecular complexity index is 495. The lowest BCUT2D eigenvalue weighted by Gasteiger charge is -2.37. The van der Waals surface area contributed by atoms with Gasteiger partial charge in [-0.05, 0) is 35.8 Å². The largest absolute Gasteiger partial charge is 0.497 e. The molecule has 0 bridgehead atoms. The van der Waals surface area contributed by atoms with Crippen LogP contribution in [0.25, 0.3) is 0 Å². The summed E-state index contributed by atoms with van der Waals surface area (Å²) in [6, 6.07) is 7.81. The van der Waals surface area contributed by atoms with Gasteiger partial charge in [0.1, 0.15) is 11.9 Å². The summed E-state index contributed by atoms with van der Waals surface area (Å²) in [5.41, 5.74) is 1.09. The minimum Gasteiger partial charge on any atom is -0.497 e. The fourth-order valence-electron chi connectivity index (χ4n) is 1.65. The van der Waals surface area contributed by atoms with Gasteiger partial charge in [-0.2, -0.15) is 0 Å². The molecular weight excluding hydrogens is 292 g/mol. The second kappa shape index (κ2) is 7.82. The van der Waals surface area contributed by atoms with Gasteiger partial charge in [-0.1, -0.05) is 38.8 Å². The molecule has 0 aliphatic rings. The quantitative estimate of drug-likeness (QED) is 0.556. The third kappa shape index (κ3) is 5.49. The van der Waals surface area contributed by atoms with Crippen LogP contribution in [0.3, 0.4) is 0 Å². The van der Waals surface area contributed by atoms with E-state index < -0.39 is 8.32 Å². The zero-order valence-electron chi connectivity index (χ0n) is 14.6. The maximum atomic E-state index is 6.18. The van der Waals surface area contributed by atoms with E-state index in [-0.39, 0.29) is 11.1 Å². The van der Waals surface area contributed by atoms with Crippen LogP contribution in [0.5, 0.6) is 5.75 Å². The van der Waals surface area contributed by atoms with Gasteiger partial charge in [0.25, 0.3) is 0 Å². The van der Waals surface area contributed by atoms with E-state index in [0.29, 0.717) is 13.2 Å². The van der Waals surface area contributed by atoms with Crippen LogP contribution in [0, 0.1) is 12.3 Å². The number of methoxy groups -OCH3 is 1. The zero-order chi connectivity index (χ0) is 16.8. The molecule has 0 saturated carbocycles. The molecule has 0 heterocycles. The van der Waals surface area contributed by atoms with Gasteiger partial charge in [-0.15, -0.1) is 6.42 Å². The fourth-order valence-corrected chi connectivity index (χ4v) is 2.86. The zero-order valence-corrected chi connectivity index (χ0v) is 15.6. The Kier molecular flexibility index (Phi) is 6.67. The highest BCUT2D eigenvalue weighted by molar-refractivity contribution is 6.74. The van der Waals surface area contributed by atoms with Gasteiger partial charge in [-0.3, -0.25) is 0 Å². The van der Waals surface area contributed by atoms with Gasteiger partial charge >= 0.3 is 0 Å². The maximum absolute atomic E-state index is 6.18. The SMILES string of the molecule is C#C[C@@H](COCc1ccc(OC)cc1)O[Si](C)(C)C(C)(C)C. The summed E-state index contributed by atoms with van der Waals surface area (Å²) >= 11 is 0. The highest BCUT2D eigenvalue weighted by Crippen LogP contribution is 2.37. The van der Waals surface area contributed by atoms with E-state index in [0.717, 1.165) is 11.3 Å². The van der Waals surface area contributed by atoms with Crippen molar-refractivity contribution in [1.29, 1.82) is 0 Å². The first-order valence-corrected chi connectivity index (χ1v) is 10.4. The predicted molar refractivity (Wildman–Crippen MR) is 93.6 cm³/mol. The van der Waals surface area contributed by atoms with E-state index in [1.165, 1.54) is 0 Å². The minimum absolute atomic E-state index is 0.137. The predicted octanol–water partition coefficient (Wildman–Crippen LogP) is 4.24. The van der Waals surface area contributed by atoms with Crippen molar-refractivity contribution in [2.75, 3.05) is 13.7 Å². The summed E-state index contributed by atoms with van der Waals surface area (Å²) in [6.07, 6.45) is 5.30. The molecule has 0 aromatic heterocycles. The molecule has 122 valence electrons. The number of hydrogen-bond donors (Lipinski definition) is 0. The second-order valence-corrected chi connectivity index (χ2v) is 11.7. The summed E-state index contributed by atoms with van der Waals surface area (Å²) in [5, 5.41) is 0.137. The Labute approximate surface area is 136 Å². The Hall–Kier alpha value is -1.28. The summed E-state index contributed by atoms with van der Waals surface area (Å²) in [5.74, 6) is 3.54. The second-order valence-electron chi connectivity index (χ2n) is 6.90. The molecular formula is C18H28O3Si. The first kappa shape index (κ1) is 18.8. The molecule has 4 heteroatoms. The highest BCUT2D eigenvalue weighted by atomic mass is 28.4. The van der Waals surface area contributed by atoms with Crippen molar-refractivity contribution in [3.05, 3.63) is 29.8 Å². The summed E-state index contributed by atoms with van der Waals surface area (Å²) < 4.78 is 17.0. The van der Waals surface area contributed by atoms with Crippen molar-refractivity contribution in [3.63, 3.8) is 0 Å². The van der Waals surface area contributed by atoms with Gasteiger partial charge in [0.15, 0.2) is 8.32 Å². The molecule has 0 amide bonds. The molecule has 0 radical (unpaired) electrons. The van der Waals surface area contributed by atoms with Crippen molar-refractivity contribution >= 4 is 8.32 Å². The van der Waals surface area contributed by atoms with Gasteiger partial charge in [-0.25, -0.2) is 0 Å². The lowest BCUT2D eigenvalue weighted by Crippen LogP contribution is -2.44. The molecule has 0 aliphatic carbocycles. The van der Waals surface area contributed by atoms with Crippen molar-refractivity contribution < 1.29 is 13.9 Å². The minimum atomic E-state index is -1.87.